The molecule has 1 atom stereocenters. The molecule has 1 unspecified atom stereocenters. The van der Waals surface area contributed by atoms with Crippen molar-refractivity contribution < 1.29 is 22.6 Å². The molecule has 0 aromatic heterocycles. The highest BCUT2D eigenvalue weighted by molar-refractivity contribution is 5.41. The van der Waals surface area contributed by atoms with Crippen LogP contribution in [0.5, 0.6) is 11.5 Å². The number of hydrogen-bond donors (Lipinski definition) is 1. The first kappa shape index (κ1) is 15.1. The molecule has 0 saturated carbocycles. The lowest BCUT2D eigenvalue weighted by Gasteiger charge is -2.15. The second-order valence-corrected chi connectivity index (χ2v) is 3.70. The highest BCUT2D eigenvalue weighted by atomic mass is 19.4. The Morgan fingerprint density at radius 2 is 1.74 bits per heavy atom. The summed E-state index contributed by atoms with van der Waals surface area (Å²) in [7, 11) is 2.84. The molecule has 1 aromatic carbocycles. The number of benzene rings is 1. The van der Waals surface area contributed by atoms with E-state index in [-0.39, 0.29) is 0 Å². The van der Waals surface area contributed by atoms with Crippen LogP contribution in [0.4, 0.5) is 13.2 Å². The van der Waals surface area contributed by atoms with Crippen LogP contribution in [0.15, 0.2) is 18.2 Å². The van der Waals surface area contributed by atoms with Gasteiger partial charge in [0.1, 0.15) is 17.5 Å². The van der Waals surface area contributed by atoms with Crippen LogP contribution in [0.1, 0.15) is 11.6 Å². The van der Waals surface area contributed by atoms with Crippen LogP contribution < -0.4 is 14.8 Å². The molecule has 1 aromatic rings. The highest BCUT2D eigenvalue weighted by Crippen LogP contribution is 2.26. The van der Waals surface area contributed by atoms with Crippen molar-refractivity contribution in [3.63, 3.8) is 0 Å². The fourth-order valence-electron chi connectivity index (χ4n) is 1.45. The molecule has 0 amide bonds. The molecule has 104 valence electrons. The average molecular weight is 274 g/mol. The zero-order chi connectivity index (χ0) is 14.5. The second kappa shape index (κ2) is 6.29. The Bertz CT molecular complexity index is 447. The molecule has 0 radical (unpaired) electrons. The van der Waals surface area contributed by atoms with E-state index in [0.717, 1.165) is 0 Å². The summed E-state index contributed by atoms with van der Waals surface area (Å²) in [5.74, 6) is 0.812. The first-order valence-corrected chi connectivity index (χ1v) is 5.32. The number of ether oxygens (including phenoxy) is 2. The predicted octanol–water partition coefficient (Wildman–Crippen LogP) is 2.42. The summed E-state index contributed by atoms with van der Waals surface area (Å²) in [4.78, 5) is 0. The molecule has 0 bridgehead atoms. The van der Waals surface area contributed by atoms with Crippen molar-refractivity contribution in [1.82, 2.24) is 5.32 Å². The van der Waals surface area contributed by atoms with Gasteiger partial charge in [-0.1, -0.05) is 0 Å². The Labute approximate surface area is 108 Å². The van der Waals surface area contributed by atoms with E-state index in [1.807, 2.05) is 0 Å². The third kappa shape index (κ3) is 4.67. The largest absolute Gasteiger partial charge is 0.497 e. The van der Waals surface area contributed by atoms with Gasteiger partial charge in [0.15, 0.2) is 0 Å². The van der Waals surface area contributed by atoms with Crippen LogP contribution in [-0.2, 0) is 0 Å². The van der Waals surface area contributed by atoms with E-state index in [1.165, 1.54) is 26.4 Å². The summed E-state index contributed by atoms with van der Waals surface area (Å²) in [6.45, 7) is -1.25. The van der Waals surface area contributed by atoms with Gasteiger partial charge in [0.25, 0.3) is 0 Å². The van der Waals surface area contributed by atoms with Crippen LogP contribution in [0.2, 0.25) is 0 Å². The van der Waals surface area contributed by atoms with E-state index >= 15 is 0 Å². The van der Waals surface area contributed by atoms with Crippen molar-refractivity contribution in [2.24, 2.45) is 0 Å². The molecule has 4 nitrogen and oxygen atoms in total. The summed E-state index contributed by atoms with van der Waals surface area (Å²) in [6.07, 6.45) is -4.38. The van der Waals surface area contributed by atoms with Crippen molar-refractivity contribution in [2.45, 2.75) is 12.2 Å². The van der Waals surface area contributed by atoms with Gasteiger partial charge in [-0.3, -0.25) is 5.32 Å². The van der Waals surface area contributed by atoms with E-state index in [1.54, 1.807) is 12.1 Å². The Hall–Kier alpha value is -1.94. The van der Waals surface area contributed by atoms with Crippen molar-refractivity contribution in [3.05, 3.63) is 23.8 Å². The SMILES string of the molecule is COc1cc(OC)cc(C(C#N)NCC(F)(F)F)c1. The van der Waals surface area contributed by atoms with Crippen LogP contribution in [0.3, 0.4) is 0 Å². The number of nitrogens with one attached hydrogen (secondary N) is 1. The summed E-state index contributed by atoms with van der Waals surface area (Å²) in [6, 6.07) is 5.22. The lowest BCUT2D eigenvalue weighted by Crippen LogP contribution is -2.31. The molecular weight excluding hydrogens is 261 g/mol. The summed E-state index contributed by atoms with van der Waals surface area (Å²) in [5.41, 5.74) is 0.350. The molecular formula is C12H13F3N2O2. The van der Waals surface area contributed by atoms with Crippen LogP contribution >= 0.6 is 0 Å². The van der Waals surface area contributed by atoms with Crippen molar-refractivity contribution in [1.29, 1.82) is 5.26 Å². The van der Waals surface area contributed by atoms with Gasteiger partial charge in [-0.05, 0) is 17.7 Å². The molecule has 0 saturated heterocycles. The molecule has 0 aliphatic heterocycles. The van der Waals surface area contributed by atoms with E-state index in [0.29, 0.717) is 17.1 Å². The first-order valence-electron chi connectivity index (χ1n) is 5.32. The Morgan fingerprint density at radius 3 is 2.11 bits per heavy atom. The van der Waals surface area contributed by atoms with Crippen LogP contribution in [0.25, 0.3) is 0 Å². The number of halogens is 3. The number of alkyl halides is 3. The smallest absolute Gasteiger partial charge is 0.401 e. The maximum absolute atomic E-state index is 12.1. The van der Waals surface area contributed by atoms with Gasteiger partial charge in [-0.15, -0.1) is 0 Å². The average Bonchev–Trinajstić information content (AvgIpc) is 2.37. The van der Waals surface area contributed by atoms with Gasteiger partial charge in [-0.25, -0.2) is 0 Å². The van der Waals surface area contributed by atoms with Gasteiger partial charge >= 0.3 is 6.18 Å². The van der Waals surface area contributed by atoms with Crippen LogP contribution in [0, 0.1) is 11.3 Å². The number of rotatable bonds is 5. The normalized spacial score (nSPS) is 12.6. The Balaban J connectivity index is 2.95. The molecule has 1 N–H and O–H groups in total. The monoisotopic (exact) mass is 274 g/mol. The number of nitrogens with zero attached hydrogens (tertiary/aromatic N) is 1. The minimum Gasteiger partial charge on any atom is -0.497 e. The van der Waals surface area contributed by atoms with Crippen LogP contribution in [-0.4, -0.2) is 26.9 Å². The third-order valence-electron chi connectivity index (χ3n) is 2.34. The number of nitriles is 1. The third-order valence-corrected chi connectivity index (χ3v) is 2.34. The fraction of sp³-hybridized carbons (Fsp3) is 0.417. The van der Waals surface area contributed by atoms with E-state index in [2.05, 4.69) is 5.32 Å². The lowest BCUT2D eigenvalue weighted by molar-refractivity contribution is -0.125. The molecule has 0 fully saturated rings. The van der Waals surface area contributed by atoms with Gasteiger partial charge in [0.05, 0.1) is 26.8 Å². The number of methoxy groups -OCH3 is 2. The lowest BCUT2D eigenvalue weighted by atomic mass is 10.1. The van der Waals surface area contributed by atoms with E-state index in [4.69, 9.17) is 14.7 Å². The minimum atomic E-state index is -4.38. The maximum Gasteiger partial charge on any atom is 0.401 e. The van der Waals surface area contributed by atoms with Crippen molar-refractivity contribution >= 4 is 0 Å². The Morgan fingerprint density at radius 1 is 1.21 bits per heavy atom. The van der Waals surface area contributed by atoms with Gasteiger partial charge < -0.3 is 9.47 Å². The van der Waals surface area contributed by atoms with E-state index in [9.17, 15) is 13.2 Å². The van der Waals surface area contributed by atoms with Crippen molar-refractivity contribution in [2.75, 3.05) is 20.8 Å². The fourth-order valence-corrected chi connectivity index (χ4v) is 1.45. The van der Waals surface area contributed by atoms with Crippen molar-refractivity contribution in [3.8, 4) is 17.6 Å². The molecule has 0 aliphatic carbocycles. The summed E-state index contributed by atoms with van der Waals surface area (Å²) >= 11 is 0. The zero-order valence-electron chi connectivity index (χ0n) is 10.4. The molecule has 0 aliphatic rings. The number of hydrogen-bond acceptors (Lipinski definition) is 4. The topological polar surface area (TPSA) is 54.3 Å². The summed E-state index contributed by atoms with van der Waals surface area (Å²) < 4.78 is 46.4. The molecule has 1 rings (SSSR count). The zero-order valence-corrected chi connectivity index (χ0v) is 10.4. The molecule has 0 spiro atoms. The molecule has 0 heterocycles. The maximum atomic E-state index is 12.1. The van der Waals surface area contributed by atoms with Gasteiger partial charge in [0.2, 0.25) is 0 Å². The highest BCUT2D eigenvalue weighted by Gasteiger charge is 2.28. The summed E-state index contributed by atoms with van der Waals surface area (Å²) in [5, 5.41) is 11.1. The first-order chi connectivity index (χ1) is 8.89. The minimum absolute atomic E-state index is 0.350. The van der Waals surface area contributed by atoms with E-state index < -0.39 is 18.8 Å². The van der Waals surface area contributed by atoms with Gasteiger partial charge in [-0.2, -0.15) is 18.4 Å². The Kier molecular flexibility index (Phi) is 5.01. The van der Waals surface area contributed by atoms with Gasteiger partial charge in [0, 0.05) is 6.07 Å². The predicted molar refractivity (Wildman–Crippen MR) is 62.0 cm³/mol. The quantitative estimate of drug-likeness (QED) is 0.896. The standard InChI is InChI=1S/C12H13F3N2O2/c1-18-9-3-8(4-10(5-9)19-2)11(6-16)17-7-12(13,14)15/h3-5,11,17H,7H2,1-2H3. The molecule has 7 heteroatoms. The second-order valence-electron chi connectivity index (χ2n) is 3.70. The molecule has 19 heavy (non-hydrogen) atoms.